The van der Waals surface area contributed by atoms with Gasteiger partial charge < -0.3 is 9.30 Å². The minimum atomic E-state index is 0.126. The number of ketones is 1. The average molecular weight is 245 g/mol. The summed E-state index contributed by atoms with van der Waals surface area (Å²) in [5.74, 6) is 1.25. The average Bonchev–Trinajstić information content (AvgIpc) is 2.80. The molecule has 96 valence electrons. The third-order valence-corrected chi connectivity index (χ3v) is 3.47. The van der Waals surface area contributed by atoms with E-state index < -0.39 is 0 Å². The van der Waals surface area contributed by atoms with Crippen LogP contribution in [0.15, 0.2) is 30.5 Å². The van der Waals surface area contributed by atoms with Gasteiger partial charge in [-0.2, -0.15) is 0 Å². The molecule has 0 radical (unpaired) electrons. The molecule has 0 N–H and O–H groups in total. The van der Waals surface area contributed by atoms with Gasteiger partial charge in [0.25, 0.3) is 0 Å². The van der Waals surface area contributed by atoms with Crippen LogP contribution in [0.1, 0.15) is 20.3 Å². The number of carbonyl (C=O) groups excluding carboxylic acids is 1. The van der Waals surface area contributed by atoms with Crippen LogP contribution in [0.25, 0.3) is 10.9 Å². The summed E-state index contributed by atoms with van der Waals surface area (Å²) in [4.78, 5) is 12.0. The Morgan fingerprint density at radius 1 is 1.39 bits per heavy atom. The smallest absolute Gasteiger partial charge is 0.155 e. The fraction of sp³-hybridized carbons (Fsp3) is 0.400. The second-order valence-electron chi connectivity index (χ2n) is 4.64. The van der Waals surface area contributed by atoms with Crippen LogP contribution in [0.4, 0.5) is 0 Å². The monoisotopic (exact) mass is 245 g/mol. The summed E-state index contributed by atoms with van der Waals surface area (Å²) in [5.41, 5.74) is 1.08. The second-order valence-corrected chi connectivity index (χ2v) is 4.64. The molecule has 2 rings (SSSR count). The first-order chi connectivity index (χ1) is 8.65. The first-order valence-corrected chi connectivity index (χ1v) is 6.31. The van der Waals surface area contributed by atoms with E-state index in [2.05, 4.69) is 0 Å². The largest absolute Gasteiger partial charge is 0.497 e. The van der Waals surface area contributed by atoms with Gasteiger partial charge in [-0.25, -0.2) is 0 Å². The van der Waals surface area contributed by atoms with E-state index in [1.54, 1.807) is 7.11 Å². The summed E-state index contributed by atoms with van der Waals surface area (Å²) < 4.78 is 7.20. The van der Waals surface area contributed by atoms with Gasteiger partial charge in [-0.15, -0.1) is 0 Å². The van der Waals surface area contributed by atoms with Gasteiger partial charge in [-0.1, -0.05) is 13.8 Å². The van der Waals surface area contributed by atoms with Gasteiger partial charge in [0.1, 0.15) is 5.75 Å². The van der Waals surface area contributed by atoms with Gasteiger partial charge in [-0.3, -0.25) is 4.79 Å². The molecule has 0 amide bonds. The number of methoxy groups -OCH3 is 1. The number of ether oxygens (including phenoxy) is 1. The highest BCUT2D eigenvalue weighted by molar-refractivity contribution is 5.85. The standard InChI is InChI=1S/C15H19NO2/c1-4-11(2)15(17)10-16-8-7-12-9-13(18-3)5-6-14(12)16/h5-9,11H,4,10H2,1-3H3. The van der Waals surface area contributed by atoms with Crippen LogP contribution < -0.4 is 4.74 Å². The number of nitrogens with zero attached hydrogens (tertiary/aromatic N) is 1. The summed E-state index contributed by atoms with van der Waals surface area (Å²) in [6.07, 6.45) is 2.86. The van der Waals surface area contributed by atoms with E-state index >= 15 is 0 Å². The molecule has 0 aliphatic carbocycles. The molecule has 1 atom stereocenters. The van der Waals surface area contributed by atoms with Crippen molar-refractivity contribution in [2.45, 2.75) is 26.8 Å². The number of fused-ring (bicyclic) bond motifs is 1. The molecule has 0 aliphatic heterocycles. The van der Waals surface area contributed by atoms with Crippen LogP contribution in [0.2, 0.25) is 0 Å². The van der Waals surface area contributed by atoms with Crippen molar-refractivity contribution in [1.82, 2.24) is 4.57 Å². The molecule has 0 spiro atoms. The van der Waals surface area contributed by atoms with Crippen LogP contribution in [0.5, 0.6) is 5.75 Å². The van der Waals surface area contributed by atoms with E-state index in [0.717, 1.165) is 23.1 Å². The maximum absolute atomic E-state index is 12.0. The Balaban J connectivity index is 2.27. The van der Waals surface area contributed by atoms with Crippen molar-refractivity contribution in [1.29, 1.82) is 0 Å². The quantitative estimate of drug-likeness (QED) is 0.809. The molecular formula is C15H19NO2. The van der Waals surface area contributed by atoms with Crippen molar-refractivity contribution < 1.29 is 9.53 Å². The van der Waals surface area contributed by atoms with E-state index in [1.807, 2.05) is 48.9 Å². The zero-order valence-electron chi connectivity index (χ0n) is 11.1. The number of hydrogen-bond donors (Lipinski definition) is 0. The third-order valence-electron chi connectivity index (χ3n) is 3.47. The Morgan fingerprint density at radius 2 is 2.17 bits per heavy atom. The third kappa shape index (κ3) is 2.40. The second kappa shape index (κ2) is 5.25. The lowest BCUT2D eigenvalue weighted by Gasteiger charge is -2.09. The summed E-state index contributed by atoms with van der Waals surface area (Å²) >= 11 is 0. The first kappa shape index (κ1) is 12.7. The molecule has 1 aromatic carbocycles. The van der Waals surface area contributed by atoms with Crippen molar-refractivity contribution in [2.24, 2.45) is 5.92 Å². The molecule has 0 bridgehead atoms. The predicted octanol–water partition coefficient (Wildman–Crippen LogP) is 3.27. The van der Waals surface area contributed by atoms with Gasteiger partial charge in [0.15, 0.2) is 5.78 Å². The van der Waals surface area contributed by atoms with E-state index in [1.165, 1.54) is 0 Å². The Bertz CT molecular complexity index is 557. The van der Waals surface area contributed by atoms with Crippen molar-refractivity contribution in [3.63, 3.8) is 0 Å². The van der Waals surface area contributed by atoms with E-state index in [-0.39, 0.29) is 11.7 Å². The Kier molecular flexibility index (Phi) is 3.70. The SMILES string of the molecule is CCC(C)C(=O)Cn1ccc2cc(OC)ccc21. The predicted molar refractivity (Wildman–Crippen MR) is 73.0 cm³/mol. The lowest BCUT2D eigenvalue weighted by Crippen LogP contribution is -2.16. The van der Waals surface area contributed by atoms with Crippen LogP contribution >= 0.6 is 0 Å². The highest BCUT2D eigenvalue weighted by atomic mass is 16.5. The number of carbonyl (C=O) groups is 1. The number of benzene rings is 1. The lowest BCUT2D eigenvalue weighted by atomic mass is 10.0. The maximum Gasteiger partial charge on any atom is 0.155 e. The molecular weight excluding hydrogens is 226 g/mol. The molecule has 1 aromatic heterocycles. The Morgan fingerprint density at radius 3 is 2.83 bits per heavy atom. The van der Waals surface area contributed by atoms with Crippen molar-refractivity contribution in [3.05, 3.63) is 30.5 Å². The summed E-state index contributed by atoms with van der Waals surface area (Å²) in [5, 5.41) is 1.10. The number of hydrogen-bond acceptors (Lipinski definition) is 2. The van der Waals surface area contributed by atoms with Crippen molar-refractivity contribution in [2.75, 3.05) is 7.11 Å². The van der Waals surface area contributed by atoms with E-state index in [0.29, 0.717) is 6.54 Å². The van der Waals surface area contributed by atoms with Crippen LogP contribution in [-0.4, -0.2) is 17.5 Å². The van der Waals surface area contributed by atoms with Gasteiger partial charge in [0.05, 0.1) is 13.7 Å². The van der Waals surface area contributed by atoms with Gasteiger partial charge in [0, 0.05) is 23.0 Å². The minimum absolute atomic E-state index is 0.126. The molecule has 0 saturated heterocycles. The van der Waals surface area contributed by atoms with Crippen LogP contribution in [0.3, 0.4) is 0 Å². The number of aromatic nitrogens is 1. The van der Waals surface area contributed by atoms with Crippen molar-refractivity contribution >= 4 is 16.7 Å². The van der Waals surface area contributed by atoms with Crippen LogP contribution in [-0.2, 0) is 11.3 Å². The molecule has 2 aromatic rings. The van der Waals surface area contributed by atoms with Gasteiger partial charge in [-0.05, 0) is 30.7 Å². The van der Waals surface area contributed by atoms with Gasteiger partial charge >= 0.3 is 0 Å². The zero-order chi connectivity index (χ0) is 13.1. The lowest BCUT2D eigenvalue weighted by molar-refractivity contribution is -0.122. The topological polar surface area (TPSA) is 31.2 Å². The Labute approximate surface area is 107 Å². The summed E-state index contributed by atoms with van der Waals surface area (Å²) in [6.45, 7) is 4.48. The number of Topliss-reactive ketones (excluding diaryl/α,β-unsaturated/α-hetero) is 1. The normalized spacial score (nSPS) is 12.6. The van der Waals surface area contributed by atoms with Gasteiger partial charge in [0.2, 0.25) is 0 Å². The zero-order valence-corrected chi connectivity index (χ0v) is 11.1. The van der Waals surface area contributed by atoms with E-state index in [4.69, 9.17) is 4.74 Å². The summed E-state index contributed by atoms with van der Waals surface area (Å²) in [6, 6.07) is 7.92. The molecule has 0 saturated carbocycles. The molecule has 3 nitrogen and oxygen atoms in total. The Hall–Kier alpha value is -1.77. The number of rotatable bonds is 5. The highest BCUT2D eigenvalue weighted by Gasteiger charge is 2.12. The first-order valence-electron chi connectivity index (χ1n) is 6.31. The van der Waals surface area contributed by atoms with Crippen molar-refractivity contribution in [3.8, 4) is 5.75 Å². The molecule has 1 heterocycles. The molecule has 18 heavy (non-hydrogen) atoms. The minimum Gasteiger partial charge on any atom is -0.497 e. The maximum atomic E-state index is 12.0. The highest BCUT2D eigenvalue weighted by Crippen LogP contribution is 2.22. The fourth-order valence-corrected chi connectivity index (χ4v) is 1.99. The molecule has 0 fully saturated rings. The molecule has 3 heteroatoms. The van der Waals surface area contributed by atoms with E-state index in [9.17, 15) is 4.79 Å². The fourth-order valence-electron chi connectivity index (χ4n) is 1.99. The molecule has 1 unspecified atom stereocenters. The molecule has 0 aliphatic rings. The van der Waals surface area contributed by atoms with Crippen LogP contribution in [0, 0.1) is 5.92 Å². The summed E-state index contributed by atoms with van der Waals surface area (Å²) in [7, 11) is 1.66.